The van der Waals surface area contributed by atoms with Crippen LogP contribution in [0.3, 0.4) is 0 Å². The Bertz CT molecular complexity index is 389. The molecule has 2 rings (SSSR count). The van der Waals surface area contributed by atoms with Gasteiger partial charge in [0.05, 0.1) is 12.3 Å². The molecule has 1 aromatic rings. The number of nitrogen functional groups attached to an aromatic ring is 1. The van der Waals surface area contributed by atoms with E-state index in [0.29, 0.717) is 11.6 Å². The molecule has 0 heterocycles. The van der Waals surface area contributed by atoms with E-state index in [0.717, 1.165) is 18.4 Å². The second-order valence-corrected chi connectivity index (χ2v) is 3.32. The van der Waals surface area contributed by atoms with Crippen LogP contribution in [0.4, 0.5) is 15.8 Å². The first-order valence-corrected chi connectivity index (χ1v) is 4.18. The molecule has 0 atom stereocenters. The maximum atomic E-state index is 13.1. The highest BCUT2D eigenvalue weighted by Gasteiger charge is 2.26. The molecule has 0 unspecified atom stereocenters. The van der Waals surface area contributed by atoms with Crippen molar-refractivity contribution in [2.45, 2.75) is 18.8 Å². The van der Waals surface area contributed by atoms with E-state index in [9.17, 15) is 4.39 Å². The third-order valence-electron chi connectivity index (χ3n) is 2.29. The summed E-state index contributed by atoms with van der Waals surface area (Å²) in [7, 11) is 0. The van der Waals surface area contributed by atoms with Crippen LogP contribution in [0.15, 0.2) is 12.1 Å². The van der Waals surface area contributed by atoms with Gasteiger partial charge in [-0.25, -0.2) is 9.24 Å². The second kappa shape index (κ2) is 2.74. The first-order chi connectivity index (χ1) is 6.22. The van der Waals surface area contributed by atoms with Crippen LogP contribution < -0.4 is 5.73 Å². The zero-order chi connectivity index (χ0) is 9.42. The van der Waals surface area contributed by atoms with Crippen LogP contribution >= 0.6 is 0 Å². The van der Waals surface area contributed by atoms with E-state index in [4.69, 9.17) is 12.3 Å². The molecule has 0 aromatic heterocycles. The average Bonchev–Trinajstić information content (AvgIpc) is 2.92. The van der Waals surface area contributed by atoms with Crippen molar-refractivity contribution in [2.24, 2.45) is 0 Å². The molecule has 1 aliphatic carbocycles. The quantitative estimate of drug-likeness (QED) is 0.517. The largest absolute Gasteiger partial charge is 0.396 e. The molecule has 66 valence electrons. The summed E-state index contributed by atoms with van der Waals surface area (Å²) in [6.45, 7) is 6.79. The standard InChI is InChI=1S/C10H9FN2/c1-13-7-4-8(6-2-3-6)10(12)9(11)5-7/h4-6H,2-3,12H2. The number of hydrogen-bond donors (Lipinski definition) is 1. The van der Waals surface area contributed by atoms with Crippen LogP contribution in [-0.4, -0.2) is 0 Å². The number of anilines is 1. The Morgan fingerprint density at radius 2 is 2.15 bits per heavy atom. The summed E-state index contributed by atoms with van der Waals surface area (Å²) in [5.41, 5.74) is 6.94. The van der Waals surface area contributed by atoms with E-state index in [1.165, 1.54) is 6.07 Å². The van der Waals surface area contributed by atoms with E-state index in [1.807, 2.05) is 0 Å². The number of nitrogens with zero attached hydrogens (tertiary/aromatic N) is 1. The number of benzene rings is 1. The molecule has 3 heteroatoms. The predicted molar refractivity (Wildman–Crippen MR) is 49.0 cm³/mol. The first kappa shape index (κ1) is 8.06. The van der Waals surface area contributed by atoms with Gasteiger partial charge in [-0.05, 0) is 30.4 Å². The first-order valence-electron chi connectivity index (χ1n) is 4.18. The lowest BCUT2D eigenvalue weighted by atomic mass is 10.1. The van der Waals surface area contributed by atoms with Crippen molar-refractivity contribution in [2.75, 3.05) is 5.73 Å². The molecule has 1 aliphatic rings. The summed E-state index contributed by atoms with van der Waals surface area (Å²) in [6.07, 6.45) is 2.12. The molecule has 0 spiro atoms. The number of nitrogens with two attached hydrogens (primary N) is 1. The van der Waals surface area contributed by atoms with Crippen LogP contribution in [0.1, 0.15) is 24.3 Å². The summed E-state index contributed by atoms with van der Waals surface area (Å²) in [5.74, 6) is -0.0772. The Hall–Kier alpha value is -1.56. The molecular formula is C10H9FN2. The lowest BCUT2D eigenvalue weighted by Crippen LogP contribution is -1.96. The topological polar surface area (TPSA) is 30.4 Å². The second-order valence-electron chi connectivity index (χ2n) is 3.32. The summed E-state index contributed by atoms with van der Waals surface area (Å²) < 4.78 is 13.1. The van der Waals surface area contributed by atoms with Gasteiger partial charge in [-0.15, -0.1) is 0 Å². The van der Waals surface area contributed by atoms with Crippen LogP contribution in [0, 0.1) is 12.4 Å². The van der Waals surface area contributed by atoms with Gasteiger partial charge in [0.2, 0.25) is 0 Å². The Balaban J connectivity index is 2.54. The highest BCUT2D eigenvalue weighted by molar-refractivity contribution is 5.60. The molecule has 2 nitrogen and oxygen atoms in total. The SMILES string of the molecule is [C-]#[N+]c1cc(F)c(N)c(C2CC2)c1. The molecule has 13 heavy (non-hydrogen) atoms. The molecule has 0 radical (unpaired) electrons. The Morgan fingerprint density at radius 3 is 2.69 bits per heavy atom. The summed E-state index contributed by atoms with van der Waals surface area (Å²) in [6, 6.07) is 2.89. The third-order valence-corrected chi connectivity index (χ3v) is 2.29. The van der Waals surface area contributed by atoms with Crippen LogP contribution in [0.25, 0.3) is 4.85 Å². The number of rotatable bonds is 1. The minimum absolute atomic E-state index is 0.218. The molecule has 1 fully saturated rings. The van der Waals surface area contributed by atoms with Gasteiger partial charge in [0, 0.05) is 0 Å². The van der Waals surface area contributed by atoms with Crippen molar-refractivity contribution in [1.29, 1.82) is 0 Å². The van der Waals surface area contributed by atoms with Gasteiger partial charge in [0.1, 0.15) is 5.82 Å². The van der Waals surface area contributed by atoms with Crippen LogP contribution in [0.2, 0.25) is 0 Å². The predicted octanol–water partition coefficient (Wildman–Crippen LogP) is 2.84. The van der Waals surface area contributed by atoms with Gasteiger partial charge in [-0.3, -0.25) is 0 Å². The van der Waals surface area contributed by atoms with Crippen molar-refractivity contribution in [3.63, 3.8) is 0 Å². The normalized spacial score (nSPS) is 15.4. The van der Waals surface area contributed by atoms with Crippen molar-refractivity contribution >= 4 is 11.4 Å². The summed E-state index contributed by atoms with van der Waals surface area (Å²) >= 11 is 0. The Morgan fingerprint density at radius 1 is 1.46 bits per heavy atom. The van der Waals surface area contributed by atoms with Gasteiger partial charge >= 0.3 is 0 Å². The molecule has 2 N–H and O–H groups in total. The van der Waals surface area contributed by atoms with Crippen LogP contribution in [0.5, 0.6) is 0 Å². The maximum Gasteiger partial charge on any atom is 0.190 e. The van der Waals surface area contributed by atoms with E-state index in [2.05, 4.69) is 4.85 Å². The highest BCUT2D eigenvalue weighted by Crippen LogP contribution is 2.44. The van der Waals surface area contributed by atoms with Gasteiger partial charge in [-0.2, -0.15) is 0 Å². The fourth-order valence-electron chi connectivity index (χ4n) is 1.42. The summed E-state index contributed by atoms with van der Waals surface area (Å²) in [5, 5.41) is 0. The number of halogens is 1. The smallest absolute Gasteiger partial charge is 0.190 e. The van der Waals surface area contributed by atoms with Crippen molar-refractivity contribution in [3.8, 4) is 0 Å². The van der Waals surface area contributed by atoms with Gasteiger partial charge in [0.15, 0.2) is 5.69 Å². The molecule has 0 bridgehead atoms. The average molecular weight is 176 g/mol. The van der Waals surface area contributed by atoms with Gasteiger partial charge in [-0.1, -0.05) is 6.07 Å². The zero-order valence-corrected chi connectivity index (χ0v) is 7.05. The Labute approximate surface area is 76.0 Å². The van der Waals surface area contributed by atoms with E-state index >= 15 is 0 Å². The molecule has 1 aromatic carbocycles. The molecule has 1 saturated carbocycles. The maximum absolute atomic E-state index is 13.1. The minimum atomic E-state index is -0.463. The van der Waals surface area contributed by atoms with E-state index in [1.54, 1.807) is 6.07 Å². The van der Waals surface area contributed by atoms with Crippen molar-refractivity contribution in [1.82, 2.24) is 0 Å². The Kier molecular flexibility index (Phi) is 1.70. The molecule has 0 saturated heterocycles. The highest BCUT2D eigenvalue weighted by atomic mass is 19.1. The van der Waals surface area contributed by atoms with Crippen LogP contribution in [-0.2, 0) is 0 Å². The van der Waals surface area contributed by atoms with Crippen molar-refractivity contribution in [3.05, 3.63) is 34.9 Å². The lowest BCUT2D eigenvalue weighted by molar-refractivity contribution is 0.631. The van der Waals surface area contributed by atoms with E-state index in [-0.39, 0.29) is 5.69 Å². The zero-order valence-electron chi connectivity index (χ0n) is 7.05. The van der Waals surface area contributed by atoms with Crippen molar-refractivity contribution < 1.29 is 4.39 Å². The number of hydrogen-bond acceptors (Lipinski definition) is 1. The minimum Gasteiger partial charge on any atom is -0.396 e. The monoisotopic (exact) mass is 176 g/mol. The van der Waals surface area contributed by atoms with Gasteiger partial charge < -0.3 is 5.73 Å². The molecule has 0 aliphatic heterocycles. The van der Waals surface area contributed by atoms with Gasteiger partial charge in [0.25, 0.3) is 0 Å². The summed E-state index contributed by atoms with van der Waals surface area (Å²) in [4.78, 5) is 3.20. The molecule has 0 amide bonds. The molecular weight excluding hydrogens is 167 g/mol. The third kappa shape index (κ3) is 1.35. The fraction of sp³-hybridized carbons (Fsp3) is 0.300. The lowest BCUT2D eigenvalue weighted by Gasteiger charge is -2.05. The van der Waals surface area contributed by atoms with E-state index < -0.39 is 5.82 Å². The fourth-order valence-corrected chi connectivity index (χ4v) is 1.42.